The number of amidine groups is 1. The summed E-state index contributed by atoms with van der Waals surface area (Å²) in [6, 6.07) is 0. The van der Waals surface area contributed by atoms with Gasteiger partial charge >= 0.3 is 0 Å². The molecule has 0 radical (unpaired) electrons. The summed E-state index contributed by atoms with van der Waals surface area (Å²) < 4.78 is 0. The van der Waals surface area contributed by atoms with Gasteiger partial charge in [0.05, 0.1) is 5.56 Å². The first-order valence-corrected chi connectivity index (χ1v) is 11.0. The highest BCUT2D eigenvalue weighted by Crippen LogP contribution is 2.50. The molecule has 5 nitrogen and oxygen atoms in total. The maximum Gasteiger partial charge on any atom is 0.216 e. The molecule has 1 unspecified atom stereocenters. The largest absolute Gasteiger partial charge is 0.286 e. The number of rotatable bonds is 4. The van der Waals surface area contributed by atoms with E-state index < -0.39 is 11.1 Å². The van der Waals surface area contributed by atoms with Crippen LogP contribution in [-0.2, 0) is 4.79 Å². The van der Waals surface area contributed by atoms with Crippen LogP contribution in [0.1, 0.15) is 40.2 Å². The molecule has 1 aromatic heterocycles. The van der Waals surface area contributed by atoms with E-state index in [4.69, 9.17) is 4.99 Å². The summed E-state index contributed by atoms with van der Waals surface area (Å²) in [7, 11) is 0. The maximum atomic E-state index is 12.7. The lowest BCUT2D eigenvalue weighted by molar-refractivity contribution is -0.117. The van der Waals surface area contributed by atoms with E-state index in [1.807, 2.05) is 0 Å². The molecular formula is C27H30N4O. The molecule has 0 fully saturated rings. The van der Waals surface area contributed by atoms with Crippen LogP contribution in [0.4, 0.5) is 0 Å². The SMILES string of the molecule is CC1C=CC=C([C@@]2(C)N(C=O)C(c3cncnc3)=N[C@@]2(C)C2=CC(C)(C)C=CC=C2)C=C1. The molecule has 1 aliphatic heterocycles. The number of nitrogens with zero attached hydrogens (tertiary/aromatic N) is 4. The molecule has 2 aliphatic carbocycles. The van der Waals surface area contributed by atoms with Gasteiger partial charge in [-0.1, -0.05) is 81.5 Å². The Kier molecular flexibility index (Phi) is 5.45. The monoisotopic (exact) mass is 426 g/mol. The van der Waals surface area contributed by atoms with Crippen molar-refractivity contribution in [3.8, 4) is 0 Å². The van der Waals surface area contributed by atoms with Crippen LogP contribution in [0.5, 0.6) is 0 Å². The van der Waals surface area contributed by atoms with Gasteiger partial charge in [-0.3, -0.25) is 14.7 Å². The number of carbonyl (C=O) groups excluding carboxylic acids is 1. The quantitative estimate of drug-likeness (QED) is 0.638. The van der Waals surface area contributed by atoms with Gasteiger partial charge in [0.25, 0.3) is 0 Å². The van der Waals surface area contributed by atoms with Crippen LogP contribution < -0.4 is 0 Å². The second kappa shape index (κ2) is 7.97. The molecule has 4 rings (SSSR count). The lowest BCUT2D eigenvalue weighted by Gasteiger charge is -2.45. The number of hydrogen-bond donors (Lipinski definition) is 0. The van der Waals surface area contributed by atoms with Gasteiger partial charge in [0.2, 0.25) is 6.41 Å². The number of aromatic nitrogens is 2. The zero-order valence-corrected chi connectivity index (χ0v) is 19.4. The molecule has 0 bridgehead atoms. The number of carbonyl (C=O) groups is 1. The summed E-state index contributed by atoms with van der Waals surface area (Å²) in [4.78, 5) is 28.0. The topological polar surface area (TPSA) is 58.5 Å². The summed E-state index contributed by atoms with van der Waals surface area (Å²) >= 11 is 0. The minimum absolute atomic E-state index is 0.148. The molecule has 1 aromatic rings. The van der Waals surface area contributed by atoms with Crippen molar-refractivity contribution >= 4 is 12.2 Å². The summed E-state index contributed by atoms with van der Waals surface area (Å²) in [5.74, 6) is 0.887. The summed E-state index contributed by atoms with van der Waals surface area (Å²) in [6.07, 6.45) is 27.0. The number of amides is 1. The van der Waals surface area contributed by atoms with E-state index in [0.717, 1.165) is 17.6 Å². The highest BCUT2D eigenvalue weighted by Gasteiger charge is 2.58. The van der Waals surface area contributed by atoms with Gasteiger partial charge in [-0.2, -0.15) is 0 Å². The first-order chi connectivity index (χ1) is 15.2. The van der Waals surface area contributed by atoms with Crippen molar-refractivity contribution < 1.29 is 4.79 Å². The molecule has 5 heteroatoms. The molecule has 0 aromatic carbocycles. The highest BCUT2D eigenvalue weighted by molar-refractivity contribution is 6.07. The third kappa shape index (κ3) is 3.52. The summed E-state index contributed by atoms with van der Waals surface area (Å²) in [6.45, 7) is 10.7. The molecule has 0 N–H and O–H groups in total. The Labute approximate surface area is 190 Å². The van der Waals surface area contributed by atoms with E-state index in [1.54, 1.807) is 17.3 Å². The smallest absolute Gasteiger partial charge is 0.216 e. The summed E-state index contributed by atoms with van der Waals surface area (Å²) in [5.41, 5.74) is 1.15. The van der Waals surface area contributed by atoms with Gasteiger partial charge < -0.3 is 0 Å². The van der Waals surface area contributed by atoms with Crippen LogP contribution in [0, 0.1) is 11.3 Å². The fourth-order valence-corrected chi connectivity index (χ4v) is 4.66. The summed E-state index contributed by atoms with van der Waals surface area (Å²) in [5, 5.41) is 0. The van der Waals surface area contributed by atoms with Crippen molar-refractivity contribution in [3.63, 3.8) is 0 Å². The van der Waals surface area contributed by atoms with Crippen LogP contribution in [-0.4, -0.2) is 38.2 Å². The second-order valence-corrected chi connectivity index (χ2v) is 9.55. The average molecular weight is 427 g/mol. The predicted octanol–water partition coefficient (Wildman–Crippen LogP) is 4.98. The van der Waals surface area contributed by atoms with E-state index in [0.29, 0.717) is 17.3 Å². The third-order valence-electron chi connectivity index (χ3n) is 6.75. The van der Waals surface area contributed by atoms with Crippen molar-refractivity contribution in [2.45, 2.75) is 45.7 Å². The van der Waals surface area contributed by atoms with E-state index in [-0.39, 0.29) is 5.41 Å². The molecule has 32 heavy (non-hydrogen) atoms. The van der Waals surface area contributed by atoms with Crippen LogP contribution in [0.2, 0.25) is 0 Å². The lowest BCUT2D eigenvalue weighted by Crippen LogP contribution is -2.58. The van der Waals surface area contributed by atoms with Gasteiger partial charge in [-0.25, -0.2) is 9.97 Å². The van der Waals surface area contributed by atoms with E-state index in [9.17, 15) is 4.79 Å². The van der Waals surface area contributed by atoms with Gasteiger partial charge in [-0.15, -0.1) is 0 Å². The first-order valence-electron chi connectivity index (χ1n) is 11.0. The minimum Gasteiger partial charge on any atom is -0.286 e. The number of hydrogen-bond acceptors (Lipinski definition) is 4. The van der Waals surface area contributed by atoms with Crippen molar-refractivity contribution in [1.29, 1.82) is 0 Å². The van der Waals surface area contributed by atoms with Crippen molar-refractivity contribution in [3.05, 3.63) is 96.2 Å². The van der Waals surface area contributed by atoms with Crippen LogP contribution >= 0.6 is 0 Å². The van der Waals surface area contributed by atoms with Crippen molar-refractivity contribution in [1.82, 2.24) is 14.9 Å². The molecule has 3 atom stereocenters. The van der Waals surface area contributed by atoms with Crippen molar-refractivity contribution in [2.24, 2.45) is 16.3 Å². The Morgan fingerprint density at radius 3 is 2.44 bits per heavy atom. The number of aliphatic imine (C=N–C) groups is 1. The Morgan fingerprint density at radius 2 is 1.72 bits per heavy atom. The van der Waals surface area contributed by atoms with Crippen molar-refractivity contribution in [2.75, 3.05) is 0 Å². The molecule has 0 saturated carbocycles. The van der Waals surface area contributed by atoms with Crippen LogP contribution in [0.3, 0.4) is 0 Å². The van der Waals surface area contributed by atoms with Gasteiger partial charge in [-0.05, 0) is 30.9 Å². The first kappa shape index (κ1) is 21.9. The Balaban J connectivity index is 1.99. The van der Waals surface area contributed by atoms with Gasteiger partial charge in [0, 0.05) is 17.8 Å². The Bertz CT molecular complexity index is 1120. The molecular weight excluding hydrogens is 396 g/mol. The van der Waals surface area contributed by atoms with E-state index >= 15 is 0 Å². The average Bonchev–Trinajstić information content (AvgIpc) is 2.96. The molecule has 2 heterocycles. The van der Waals surface area contributed by atoms with Gasteiger partial charge in [0.15, 0.2) is 0 Å². The third-order valence-corrected chi connectivity index (χ3v) is 6.75. The van der Waals surface area contributed by atoms with Gasteiger partial charge in [0.1, 0.15) is 23.2 Å². The van der Waals surface area contributed by atoms with Crippen LogP contribution in [0.25, 0.3) is 0 Å². The molecule has 0 saturated heterocycles. The molecule has 1 amide bonds. The van der Waals surface area contributed by atoms with E-state index in [1.165, 1.54) is 6.33 Å². The lowest BCUT2D eigenvalue weighted by atomic mass is 9.68. The maximum absolute atomic E-state index is 12.7. The van der Waals surface area contributed by atoms with Crippen LogP contribution in [0.15, 0.2) is 95.6 Å². The Hall–Kier alpha value is -3.34. The standard InChI is InChI=1S/C27H30N4O/c1-20-9-8-11-22(13-12-20)27(5)26(4,23-10-6-7-14-25(2,3)15-23)30-24(31(27)19-32)21-16-28-18-29-17-21/h6-20H,1-5H3/t20?,26-,27+/m0/s1. The fraction of sp³-hybridized carbons (Fsp3) is 0.333. The zero-order chi connectivity index (χ0) is 23.0. The fourth-order valence-electron chi connectivity index (χ4n) is 4.66. The second-order valence-electron chi connectivity index (χ2n) is 9.55. The van der Waals surface area contributed by atoms with E-state index in [2.05, 4.69) is 105 Å². The molecule has 164 valence electrons. The highest BCUT2D eigenvalue weighted by atomic mass is 16.1. The predicted molar refractivity (Wildman–Crippen MR) is 129 cm³/mol. The minimum atomic E-state index is -0.762. The normalized spacial score (nSPS) is 31.0. The zero-order valence-electron chi connectivity index (χ0n) is 19.4. The molecule has 0 spiro atoms. The Morgan fingerprint density at radius 1 is 0.969 bits per heavy atom. The number of allylic oxidation sites excluding steroid dienone is 8. The molecule has 3 aliphatic rings.